The summed E-state index contributed by atoms with van der Waals surface area (Å²) in [5, 5.41) is 29.7. The van der Waals surface area contributed by atoms with Crippen molar-refractivity contribution in [2.75, 3.05) is 7.11 Å². The summed E-state index contributed by atoms with van der Waals surface area (Å²) in [4.78, 5) is 10.9. The van der Waals surface area contributed by atoms with Gasteiger partial charge < -0.3 is 20.2 Å². The van der Waals surface area contributed by atoms with Crippen molar-refractivity contribution in [3.8, 4) is 0 Å². The molecule has 1 aromatic rings. The van der Waals surface area contributed by atoms with Gasteiger partial charge in [-0.3, -0.25) is 0 Å². The molecule has 82 valence electrons. The number of nitrogens with zero attached hydrogens (tertiary/aromatic N) is 1. The molecule has 6 nitrogen and oxygen atoms in total. The van der Waals surface area contributed by atoms with Gasteiger partial charge in [-0.1, -0.05) is 0 Å². The topological polar surface area (TPSA) is 93.7 Å². The number of carbonyl (C=O) groups excluding carboxylic acids is 1. The predicted molar refractivity (Wildman–Crippen MR) is 48.4 cm³/mol. The first-order chi connectivity index (χ1) is 7.06. The number of carbonyl (C=O) groups is 1. The number of rotatable bonds is 3. The number of esters is 1. The molecule has 0 aliphatic heterocycles. The highest BCUT2D eigenvalue weighted by Gasteiger charge is 2.27. The second-order valence-electron chi connectivity index (χ2n) is 2.91. The van der Waals surface area contributed by atoms with Crippen molar-refractivity contribution in [3.05, 3.63) is 35.3 Å². The summed E-state index contributed by atoms with van der Waals surface area (Å²) in [6.07, 6.45) is -0.881. The van der Waals surface area contributed by atoms with Crippen LogP contribution in [-0.2, 0) is 9.53 Å². The lowest BCUT2D eigenvalue weighted by Gasteiger charge is -2.14. The van der Waals surface area contributed by atoms with Crippen LogP contribution in [0.4, 0.5) is 0 Å². The first-order valence-electron chi connectivity index (χ1n) is 4.19. The number of methoxy groups -OCH3 is 1. The zero-order chi connectivity index (χ0) is 11.4. The summed E-state index contributed by atoms with van der Waals surface area (Å²) in [6, 6.07) is 2.82. The number of aliphatic hydroxyl groups excluding tert-OH is 2. The molecule has 2 N–H and O–H groups in total. The Morgan fingerprint density at radius 3 is 2.80 bits per heavy atom. The van der Waals surface area contributed by atoms with Gasteiger partial charge in [-0.15, -0.1) is 0 Å². The molecule has 0 aliphatic rings. The van der Waals surface area contributed by atoms with Gasteiger partial charge in [0, 0.05) is 11.6 Å². The third kappa shape index (κ3) is 2.64. The van der Waals surface area contributed by atoms with Gasteiger partial charge in [-0.2, -0.15) is 4.73 Å². The molecule has 1 rings (SSSR count). The first-order valence-corrected chi connectivity index (χ1v) is 4.19. The molecule has 1 heterocycles. The van der Waals surface area contributed by atoms with E-state index >= 15 is 0 Å². The van der Waals surface area contributed by atoms with Crippen molar-refractivity contribution in [2.45, 2.75) is 12.2 Å². The normalized spacial score (nSPS) is 14.3. The van der Waals surface area contributed by atoms with Crippen LogP contribution in [0, 0.1) is 5.21 Å². The molecule has 0 spiro atoms. The molecule has 0 radical (unpaired) electrons. The molecule has 0 aromatic carbocycles. The maximum Gasteiger partial charge on any atom is 0.337 e. The Bertz CT molecular complexity index is 354. The lowest BCUT2D eigenvalue weighted by molar-refractivity contribution is -0.606. The van der Waals surface area contributed by atoms with Crippen molar-refractivity contribution < 1.29 is 24.5 Å². The number of hydrogen-bond acceptors (Lipinski definition) is 5. The van der Waals surface area contributed by atoms with Gasteiger partial charge in [0.05, 0.1) is 7.11 Å². The van der Waals surface area contributed by atoms with E-state index in [1.54, 1.807) is 0 Å². The Morgan fingerprint density at radius 1 is 1.60 bits per heavy atom. The Balaban J connectivity index is 2.84. The summed E-state index contributed by atoms with van der Waals surface area (Å²) in [5.74, 6) is -0.955. The van der Waals surface area contributed by atoms with Crippen LogP contribution in [0.1, 0.15) is 11.7 Å². The van der Waals surface area contributed by atoms with Gasteiger partial charge in [0.2, 0.25) is 0 Å². The van der Waals surface area contributed by atoms with Gasteiger partial charge in [-0.05, 0) is 6.07 Å². The molecule has 6 heteroatoms. The zero-order valence-electron chi connectivity index (χ0n) is 8.03. The van der Waals surface area contributed by atoms with E-state index in [0.29, 0.717) is 4.73 Å². The van der Waals surface area contributed by atoms with Crippen LogP contribution in [0.2, 0.25) is 0 Å². The number of aromatic nitrogens is 1. The summed E-state index contributed by atoms with van der Waals surface area (Å²) in [5.41, 5.74) is 0.144. The fourth-order valence-electron chi connectivity index (χ4n) is 1.08. The number of aliphatic hydroxyl groups is 2. The van der Waals surface area contributed by atoms with Crippen LogP contribution in [-0.4, -0.2) is 29.4 Å². The molecule has 0 saturated carbocycles. The minimum Gasteiger partial charge on any atom is -0.619 e. The monoisotopic (exact) mass is 213 g/mol. The highest BCUT2D eigenvalue weighted by atomic mass is 16.5. The lowest BCUT2D eigenvalue weighted by atomic mass is 10.1. The fourth-order valence-corrected chi connectivity index (χ4v) is 1.08. The second kappa shape index (κ2) is 4.72. The SMILES string of the molecule is COC(=O)C(O)C(O)c1ccc[n+]([O-])c1. The minimum absolute atomic E-state index is 0.144. The molecule has 15 heavy (non-hydrogen) atoms. The summed E-state index contributed by atoms with van der Waals surface area (Å²) in [7, 11) is 1.09. The molecular formula is C9H11NO5. The van der Waals surface area contributed by atoms with E-state index in [0.717, 1.165) is 13.3 Å². The van der Waals surface area contributed by atoms with Crippen LogP contribution >= 0.6 is 0 Å². The summed E-state index contributed by atoms with van der Waals surface area (Å²) in [6.45, 7) is 0. The standard InChI is InChI=1S/C9H11NO5/c1-15-9(13)8(12)7(11)6-3-2-4-10(14)5-6/h2-5,7-8,11-12H,1H3. The van der Waals surface area contributed by atoms with E-state index in [1.807, 2.05) is 0 Å². The quantitative estimate of drug-likeness (QED) is 0.377. The molecule has 0 bridgehead atoms. The lowest BCUT2D eigenvalue weighted by Crippen LogP contribution is -2.32. The second-order valence-corrected chi connectivity index (χ2v) is 2.91. The van der Waals surface area contributed by atoms with Crippen LogP contribution in [0.15, 0.2) is 24.5 Å². The highest BCUT2D eigenvalue weighted by molar-refractivity contribution is 5.75. The van der Waals surface area contributed by atoms with Crippen molar-refractivity contribution in [1.82, 2.24) is 0 Å². The first kappa shape index (κ1) is 11.4. The third-order valence-corrected chi connectivity index (χ3v) is 1.88. The third-order valence-electron chi connectivity index (χ3n) is 1.88. The largest absolute Gasteiger partial charge is 0.619 e. The molecule has 2 unspecified atom stereocenters. The highest BCUT2D eigenvalue weighted by Crippen LogP contribution is 2.15. The average Bonchev–Trinajstić information content (AvgIpc) is 2.26. The van der Waals surface area contributed by atoms with E-state index in [9.17, 15) is 20.2 Å². The molecular weight excluding hydrogens is 202 g/mol. The molecule has 0 aliphatic carbocycles. The van der Waals surface area contributed by atoms with Gasteiger partial charge >= 0.3 is 5.97 Å². The van der Waals surface area contributed by atoms with Gasteiger partial charge in [0.25, 0.3) is 0 Å². The Kier molecular flexibility index (Phi) is 3.59. The Hall–Kier alpha value is -1.66. The van der Waals surface area contributed by atoms with E-state index < -0.39 is 18.2 Å². The number of hydrogen-bond donors (Lipinski definition) is 2. The van der Waals surface area contributed by atoms with Crippen molar-refractivity contribution in [2.24, 2.45) is 0 Å². The van der Waals surface area contributed by atoms with E-state index in [-0.39, 0.29) is 5.56 Å². The van der Waals surface area contributed by atoms with Gasteiger partial charge in [-0.25, -0.2) is 4.79 Å². The van der Waals surface area contributed by atoms with Gasteiger partial charge in [0.1, 0.15) is 6.10 Å². The van der Waals surface area contributed by atoms with Crippen LogP contribution in [0.3, 0.4) is 0 Å². The van der Waals surface area contributed by atoms with E-state index in [4.69, 9.17) is 0 Å². The smallest absolute Gasteiger partial charge is 0.337 e. The predicted octanol–water partition coefficient (Wildman–Crippen LogP) is -1.11. The van der Waals surface area contributed by atoms with Crippen molar-refractivity contribution in [3.63, 3.8) is 0 Å². The molecule has 0 saturated heterocycles. The van der Waals surface area contributed by atoms with Crippen LogP contribution < -0.4 is 4.73 Å². The molecule has 0 amide bonds. The van der Waals surface area contributed by atoms with Crippen molar-refractivity contribution >= 4 is 5.97 Å². The summed E-state index contributed by atoms with van der Waals surface area (Å²) < 4.78 is 4.71. The van der Waals surface area contributed by atoms with Crippen molar-refractivity contribution in [1.29, 1.82) is 0 Å². The fraction of sp³-hybridized carbons (Fsp3) is 0.333. The maximum absolute atomic E-state index is 10.9. The molecule has 0 fully saturated rings. The number of ether oxygens (including phenoxy) is 1. The van der Waals surface area contributed by atoms with E-state index in [1.165, 1.54) is 18.3 Å². The van der Waals surface area contributed by atoms with Crippen LogP contribution in [0.25, 0.3) is 0 Å². The van der Waals surface area contributed by atoms with Gasteiger partial charge in [0.15, 0.2) is 18.5 Å². The zero-order valence-corrected chi connectivity index (χ0v) is 8.03. The maximum atomic E-state index is 10.9. The summed E-state index contributed by atoms with van der Waals surface area (Å²) >= 11 is 0. The average molecular weight is 213 g/mol. The van der Waals surface area contributed by atoms with Crippen LogP contribution in [0.5, 0.6) is 0 Å². The molecule has 1 aromatic heterocycles. The Morgan fingerprint density at radius 2 is 2.27 bits per heavy atom. The minimum atomic E-state index is -1.70. The van der Waals surface area contributed by atoms with E-state index in [2.05, 4.69) is 4.74 Å². The Labute approximate surface area is 85.9 Å². The molecule has 2 atom stereocenters. The number of pyridine rings is 1.